The van der Waals surface area contributed by atoms with Gasteiger partial charge in [-0.15, -0.1) is 0 Å². The second kappa shape index (κ2) is 5.84. The number of hydrogen-bond acceptors (Lipinski definition) is 4. The number of pyridine rings is 1. The molecule has 4 N–H and O–H groups in total. The van der Waals surface area contributed by atoms with E-state index in [9.17, 15) is 10.1 Å². The van der Waals surface area contributed by atoms with E-state index in [4.69, 9.17) is 5.73 Å². The Morgan fingerprint density at radius 3 is 2.92 bits per heavy atom. The number of fused-ring (bicyclic) bond motifs is 3. The Kier molecular flexibility index (Phi) is 3.72. The van der Waals surface area contributed by atoms with Gasteiger partial charge in [0.1, 0.15) is 11.5 Å². The number of nitrogens with one attached hydrogen (secondary N) is 2. The van der Waals surface area contributed by atoms with Crippen molar-refractivity contribution in [2.75, 3.05) is 0 Å². The van der Waals surface area contributed by atoms with Gasteiger partial charge in [-0.05, 0) is 50.7 Å². The van der Waals surface area contributed by atoms with E-state index in [-0.39, 0.29) is 29.1 Å². The van der Waals surface area contributed by atoms with Gasteiger partial charge in [0.15, 0.2) is 0 Å². The minimum absolute atomic E-state index is 0.0475. The highest BCUT2D eigenvalue weighted by molar-refractivity contribution is 6.00. The highest BCUT2D eigenvalue weighted by atomic mass is 16.1. The van der Waals surface area contributed by atoms with Crippen molar-refractivity contribution >= 4 is 28.5 Å². The molecule has 2 bridgehead atoms. The normalized spacial score (nSPS) is 27.6. The molecule has 1 amide bonds. The van der Waals surface area contributed by atoms with Crippen LogP contribution in [0.25, 0.3) is 11.0 Å². The number of nitrogens with zero attached hydrogens (tertiary/aromatic N) is 3. The summed E-state index contributed by atoms with van der Waals surface area (Å²) in [7, 11) is 0. The zero-order chi connectivity index (χ0) is 18.4. The van der Waals surface area contributed by atoms with E-state index in [0.29, 0.717) is 5.69 Å². The summed E-state index contributed by atoms with van der Waals surface area (Å²) in [4.78, 5) is 24.2. The van der Waals surface area contributed by atoms with Gasteiger partial charge in [-0.3, -0.25) is 4.79 Å². The molecule has 0 spiro atoms. The van der Waals surface area contributed by atoms with Gasteiger partial charge in [-0.2, -0.15) is 5.26 Å². The molecule has 2 aliphatic rings. The number of nitriles is 1. The van der Waals surface area contributed by atoms with Crippen molar-refractivity contribution in [2.45, 2.75) is 51.0 Å². The van der Waals surface area contributed by atoms with Gasteiger partial charge < -0.3 is 16.0 Å². The molecule has 0 aromatic carbocycles. The molecule has 2 aliphatic carbocycles. The van der Waals surface area contributed by atoms with Crippen LogP contribution in [0.4, 0.5) is 5.69 Å². The summed E-state index contributed by atoms with van der Waals surface area (Å²) in [5, 5.41) is 13.5. The molecule has 2 saturated carbocycles. The summed E-state index contributed by atoms with van der Waals surface area (Å²) in [5.74, 6) is 0.136. The van der Waals surface area contributed by atoms with Crippen molar-refractivity contribution in [1.82, 2.24) is 15.3 Å². The Balaban J connectivity index is 1.45. The molecular formula is C19H22N6O. The summed E-state index contributed by atoms with van der Waals surface area (Å²) in [6.45, 7) is 1.96. The molecule has 2 aromatic rings. The van der Waals surface area contributed by atoms with E-state index < -0.39 is 0 Å². The number of carbonyl (C=O) groups is 1. The number of aromatic nitrogens is 2. The summed E-state index contributed by atoms with van der Waals surface area (Å²) in [6, 6.07) is 4.39. The second-order valence-electron chi connectivity index (χ2n) is 7.69. The van der Waals surface area contributed by atoms with Crippen molar-refractivity contribution in [2.24, 2.45) is 16.1 Å². The van der Waals surface area contributed by atoms with E-state index in [1.807, 2.05) is 19.2 Å². The first kappa shape index (κ1) is 16.6. The largest absolute Gasteiger partial charge is 0.387 e. The van der Waals surface area contributed by atoms with Gasteiger partial charge in [0, 0.05) is 17.1 Å². The molecular weight excluding hydrogens is 328 g/mol. The monoisotopic (exact) mass is 350 g/mol. The molecule has 7 heteroatoms. The van der Waals surface area contributed by atoms with Gasteiger partial charge in [0.2, 0.25) is 5.91 Å². The van der Waals surface area contributed by atoms with Gasteiger partial charge in [-0.1, -0.05) is 0 Å². The van der Waals surface area contributed by atoms with Crippen molar-refractivity contribution < 1.29 is 4.79 Å². The van der Waals surface area contributed by atoms with Crippen LogP contribution in [0.1, 0.15) is 44.1 Å². The molecule has 2 aromatic heterocycles. The number of amidine groups is 1. The quantitative estimate of drug-likeness (QED) is 0.580. The average Bonchev–Trinajstić information content (AvgIpc) is 3.30. The molecule has 26 heavy (non-hydrogen) atoms. The fraction of sp³-hybridized carbons (Fsp3) is 0.474. The first-order valence-electron chi connectivity index (χ1n) is 8.92. The zero-order valence-electron chi connectivity index (χ0n) is 14.8. The highest BCUT2D eigenvalue weighted by Crippen LogP contribution is 2.56. The SMILES string of the molecule is Cc1c(N=C(N)CC(=O)NC23CCC(C#N)(CC2)C3)cnc2[nH]ccc12. The molecule has 0 radical (unpaired) electrons. The van der Waals surface area contributed by atoms with Crippen molar-refractivity contribution in [3.63, 3.8) is 0 Å². The Hall–Kier alpha value is -2.88. The van der Waals surface area contributed by atoms with Gasteiger partial charge in [0.25, 0.3) is 0 Å². The molecule has 0 saturated heterocycles. The van der Waals surface area contributed by atoms with Crippen LogP contribution in [0.5, 0.6) is 0 Å². The predicted molar refractivity (Wildman–Crippen MR) is 98.7 cm³/mol. The van der Waals surface area contributed by atoms with Crippen molar-refractivity contribution in [3.05, 3.63) is 24.0 Å². The van der Waals surface area contributed by atoms with E-state index in [1.54, 1.807) is 6.20 Å². The van der Waals surface area contributed by atoms with Crippen LogP contribution in [0, 0.1) is 23.7 Å². The number of rotatable bonds is 4. The third kappa shape index (κ3) is 2.71. The fourth-order valence-electron chi connectivity index (χ4n) is 4.47. The lowest BCUT2D eigenvalue weighted by Gasteiger charge is -2.27. The minimum Gasteiger partial charge on any atom is -0.387 e. The number of aromatic amines is 1. The van der Waals surface area contributed by atoms with Crippen LogP contribution >= 0.6 is 0 Å². The number of amides is 1. The van der Waals surface area contributed by atoms with Crippen LogP contribution < -0.4 is 11.1 Å². The Labute approximate surface area is 151 Å². The summed E-state index contributed by atoms with van der Waals surface area (Å²) in [6.07, 6.45) is 7.78. The van der Waals surface area contributed by atoms with E-state index in [2.05, 4.69) is 26.3 Å². The Morgan fingerprint density at radius 1 is 1.46 bits per heavy atom. The second-order valence-corrected chi connectivity index (χ2v) is 7.69. The maximum absolute atomic E-state index is 12.5. The van der Waals surface area contributed by atoms with E-state index in [1.165, 1.54) is 0 Å². The first-order chi connectivity index (χ1) is 12.4. The predicted octanol–water partition coefficient (Wildman–Crippen LogP) is 2.59. The van der Waals surface area contributed by atoms with Crippen LogP contribution in [0.2, 0.25) is 0 Å². The Morgan fingerprint density at radius 2 is 2.23 bits per heavy atom. The maximum Gasteiger partial charge on any atom is 0.227 e. The lowest BCUT2D eigenvalue weighted by molar-refractivity contribution is -0.121. The highest BCUT2D eigenvalue weighted by Gasteiger charge is 2.55. The number of carbonyl (C=O) groups excluding carboxylic acids is 1. The van der Waals surface area contributed by atoms with Crippen LogP contribution in [0.15, 0.2) is 23.5 Å². The molecule has 0 aliphatic heterocycles. The molecule has 0 atom stereocenters. The number of aliphatic imine (C=N–C) groups is 1. The van der Waals surface area contributed by atoms with E-state index >= 15 is 0 Å². The minimum atomic E-state index is -0.234. The third-order valence-electron chi connectivity index (χ3n) is 5.92. The molecule has 134 valence electrons. The van der Waals surface area contributed by atoms with Crippen LogP contribution in [-0.4, -0.2) is 27.2 Å². The smallest absolute Gasteiger partial charge is 0.227 e. The van der Waals surface area contributed by atoms with Crippen molar-refractivity contribution in [3.8, 4) is 6.07 Å². The van der Waals surface area contributed by atoms with E-state index in [0.717, 1.165) is 48.7 Å². The average molecular weight is 350 g/mol. The maximum atomic E-state index is 12.5. The summed E-state index contributed by atoms with van der Waals surface area (Å²) >= 11 is 0. The molecule has 0 unspecified atom stereocenters. The van der Waals surface area contributed by atoms with Crippen molar-refractivity contribution in [1.29, 1.82) is 5.26 Å². The number of hydrogen-bond donors (Lipinski definition) is 3. The Bertz CT molecular complexity index is 943. The number of aryl methyl sites for hydroxylation is 1. The molecule has 2 heterocycles. The zero-order valence-corrected chi connectivity index (χ0v) is 14.8. The standard InChI is InChI=1S/C19H22N6O/c1-12-13-2-7-22-17(13)23-9-14(12)24-15(21)8-16(26)25-19-5-3-18(10-19,11-20)4-6-19/h2,7,9H,3-6,8,10H2,1H3,(H2,21,24)(H,22,23)(H,25,26). The van der Waals surface area contributed by atoms with Gasteiger partial charge in [-0.25, -0.2) is 9.98 Å². The molecule has 4 rings (SSSR count). The van der Waals surface area contributed by atoms with Gasteiger partial charge in [0.05, 0.1) is 29.8 Å². The lowest BCUT2D eigenvalue weighted by Crippen LogP contribution is -2.46. The number of H-pyrrole nitrogens is 1. The third-order valence-corrected chi connectivity index (χ3v) is 5.92. The summed E-state index contributed by atoms with van der Waals surface area (Å²) < 4.78 is 0. The fourth-order valence-corrected chi connectivity index (χ4v) is 4.47. The molecule has 2 fully saturated rings. The summed E-state index contributed by atoms with van der Waals surface area (Å²) in [5.41, 5.74) is 8.01. The lowest BCUT2D eigenvalue weighted by atomic mass is 9.85. The van der Waals surface area contributed by atoms with Crippen LogP contribution in [0.3, 0.4) is 0 Å². The molecule has 7 nitrogen and oxygen atoms in total. The van der Waals surface area contributed by atoms with Crippen LogP contribution in [-0.2, 0) is 4.79 Å². The number of nitrogens with two attached hydrogens (primary N) is 1. The topological polar surface area (TPSA) is 120 Å². The first-order valence-corrected chi connectivity index (χ1v) is 8.92. The van der Waals surface area contributed by atoms with Gasteiger partial charge >= 0.3 is 0 Å².